The van der Waals surface area contributed by atoms with Crippen LogP contribution in [0.4, 0.5) is 0 Å². The Labute approximate surface area is 143 Å². The average Bonchev–Trinajstić information content (AvgIpc) is 2.78. The number of rotatable bonds is 2. The van der Waals surface area contributed by atoms with Crippen molar-refractivity contribution >= 4 is 0 Å². The van der Waals surface area contributed by atoms with E-state index in [1.54, 1.807) is 0 Å². The van der Waals surface area contributed by atoms with E-state index >= 15 is 0 Å². The Morgan fingerprint density at radius 2 is 1.35 bits per heavy atom. The molecule has 0 N–H and O–H groups in total. The van der Waals surface area contributed by atoms with Crippen LogP contribution in [0, 0.1) is 17.8 Å². The van der Waals surface area contributed by atoms with Gasteiger partial charge in [0, 0.05) is 18.1 Å². The lowest BCUT2D eigenvalue weighted by Gasteiger charge is -2.50. The van der Waals surface area contributed by atoms with Gasteiger partial charge in [-0.2, -0.15) is 0 Å². The minimum atomic E-state index is 0.772. The maximum absolute atomic E-state index is 4.11. The predicted molar refractivity (Wildman–Crippen MR) is 98.4 cm³/mol. The average molecular weight is 314 g/mol. The first-order valence-corrected chi connectivity index (χ1v) is 10.4. The summed E-state index contributed by atoms with van der Waals surface area (Å²) in [6.45, 7) is 4.11. The van der Waals surface area contributed by atoms with E-state index in [0.717, 1.165) is 35.9 Å². The fraction of sp³-hybridized carbons (Fsp3) is 0.818. The molecule has 128 valence electrons. The van der Waals surface area contributed by atoms with Crippen molar-refractivity contribution in [3.8, 4) is 0 Å². The largest absolute Gasteiger partial charge is 0.293 e. The molecule has 0 aromatic carbocycles. The van der Waals surface area contributed by atoms with E-state index in [2.05, 4.69) is 29.7 Å². The molecule has 0 amide bonds. The third-order valence-electron chi connectivity index (χ3n) is 7.38. The number of allylic oxidation sites excluding steroid dienone is 1. The summed E-state index contributed by atoms with van der Waals surface area (Å²) < 4.78 is 0. The Balaban J connectivity index is 1.62. The molecular weight excluding hydrogens is 278 g/mol. The van der Waals surface area contributed by atoms with E-state index in [1.807, 2.05) is 0 Å². The molecule has 1 aliphatic heterocycles. The Kier molecular flexibility index (Phi) is 4.94. The Morgan fingerprint density at radius 3 is 1.96 bits per heavy atom. The number of fused-ring (bicyclic) bond motifs is 2. The van der Waals surface area contributed by atoms with Crippen LogP contribution < -0.4 is 0 Å². The summed E-state index contributed by atoms with van der Waals surface area (Å²) >= 11 is 0. The lowest BCUT2D eigenvalue weighted by molar-refractivity contribution is -0.00743. The lowest BCUT2D eigenvalue weighted by atomic mass is 9.77. The van der Waals surface area contributed by atoms with Crippen molar-refractivity contribution in [1.29, 1.82) is 0 Å². The van der Waals surface area contributed by atoms with Crippen LogP contribution >= 0.6 is 0 Å². The van der Waals surface area contributed by atoms with Crippen molar-refractivity contribution < 1.29 is 0 Å². The SMILES string of the molecule is C=CC1CCCC(N2C3CCCCC3C=CC3CCCCC32)C1. The first kappa shape index (κ1) is 15.9. The first-order chi connectivity index (χ1) is 11.4. The van der Waals surface area contributed by atoms with E-state index < -0.39 is 0 Å². The smallest absolute Gasteiger partial charge is 0.0164 e. The second-order valence-corrected chi connectivity index (χ2v) is 8.68. The van der Waals surface area contributed by atoms with E-state index in [1.165, 1.54) is 77.0 Å². The molecule has 0 aromatic heterocycles. The zero-order valence-corrected chi connectivity index (χ0v) is 14.8. The van der Waals surface area contributed by atoms with Crippen LogP contribution in [-0.4, -0.2) is 23.0 Å². The molecule has 6 unspecified atom stereocenters. The van der Waals surface area contributed by atoms with E-state index in [4.69, 9.17) is 0 Å². The molecule has 4 aliphatic rings. The molecule has 0 aromatic rings. The van der Waals surface area contributed by atoms with Crippen LogP contribution in [0.1, 0.15) is 77.0 Å². The molecule has 0 saturated heterocycles. The van der Waals surface area contributed by atoms with Gasteiger partial charge in [-0.1, -0.05) is 50.3 Å². The van der Waals surface area contributed by atoms with Crippen molar-refractivity contribution in [3.05, 3.63) is 24.8 Å². The lowest BCUT2D eigenvalue weighted by Crippen LogP contribution is -2.55. The summed E-state index contributed by atoms with van der Waals surface area (Å²) in [7, 11) is 0. The van der Waals surface area contributed by atoms with Crippen LogP contribution in [0.3, 0.4) is 0 Å². The number of hydrogen-bond acceptors (Lipinski definition) is 1. The molecule has 0 bridgehead atoms. The summed E-state index contributed by atoms with van der Waals surface area (Å²) in [5.41, 5.74) is 0. The highest BCUT2D eigenvalue weighted by Gasteiger charge is 2.42. The molecule has 3 aliphatic carbocycles. The molecule has 3 fully saturated rings. The van der Waals surface area contributed by atoms with Crippen molar-refractivity contribution in [2.75, 3.05) is 0 Å². The van der Waals surface area contributed by atoms with Crippen LogP contribution in [0.15, 0.2) is 24.8 Å². The zero-order valence-electron chi connectivity index (χ0n) is 14.8. The van der Waals surface area contributed by atoms with Crippen LogP contribution in [-0.2, 0) is 0 Å². The van der Waals surface area contributed by atoms with Gasteiger partial charge in [0.15, 0.2) is 0 Å². The van der Waals surface area contributed by atoms with Gasteiger partial charge in [-0.3, -0.25) is 4.90 Å². The minimum absolute atomic E-state index is 0.772. The van der Waals surface area contributed by atoms with E-state index in [9.17, 15) is 0 Å². The fourth-order valence-corrected chi connectivity index (χ4v) is 6.23. The Bertz CT molecular complexity index is 413. The second-order valence-electron chi connectivity index (χ2n) is 8.68. The standard InChI is InChI=1S/C22H35N/c1-2-17-8-7-11-20(16-17)23-21-12-5-3-9-18(21)14-15-19-10-4-6-13-22(19)23/h2,14-15,17-22H,1,3-13,16H2. The van der Waals surface area contributed by atoms with Crippen molar-refractivity contribution in [2.24, 2.45) is 17.8 Å². The molecule has 1 heteroatoms. The topological polar surface area (TPSA) is 3.24 Å². The Hall–Kier alpha value is -0.560. The minimum Gasteiger partial charge on any atom is -0.293 e. The second kappa shape index (κ2) is 7.13. The molecule has 1 nitrogen and oxygen atoms in total. The van der Waals surface area contributed by atoms with Crippen LogP contribution in [0.2, 0.25) is 0 Å². The van der Waals surface area contributed by atoms with Gasteiger partial charge >= 0.3 is 0 Å². The third kappa shape index (κ3) is 3.18. The molecule has 3 saturated carbocycles. The number of nitrogens with zero attached hydrogens (tertiary/aromatic N) is 1. The summed E-state index contributed by atoms with van der Waals surface area (Å²) in [5.74, 6) is 2.46. The summed E-state index contributed by atoms with van der Waals surface area (Å²) in [6.07, 6.45) is 24.8. The highest BCUT2D eigenvalue weighted by atomic mass is 15.2. The Morgan fingerprint density at radius 1 is 0.739 bits per heavy atom. The maximum atomic E-state index is 4.11. The molecule has 0 spiro atoms. The molecular formula is C22H35N. The van der Waals surface area contributed by atoms with Gasteiger partial charge in [0.1, 0.15) is 0 Å². The monoisotopic (exact) mass is 313 g/mol. The zero-order chi connectivity index (χ0) is 15.6. The molecule has 4 rings (SSSR count). The van der Waals surface area contributed by atoms with Crippen LogP contribution in [0.5, 0.6) is 0 Å². The van der Waals surface area contributed by atoms with Gasteiger partial charge in [0.25, 0.3) is 0 Å². The predicted octanol–water partition coefficient (Wildman–Crippen LogP) is 5.72. The first-order valence-electron chi connectivity index (χ1n) is 10.4. The molecule has 23 heavy (non-hydrogen) atoms. The van der Waals surface area contributed by atoms with Gasteiger partial charge < -0.3 is 0 Å². The summed E-state index contributed by atoms with van der Waals surface area (Å²) in [6, 6.07) is 2.53. The van der Waals surface area contributed by atoms with Crippen LogP contribution in [0.25, 0.3) is 0 Å². The molecule has 1 heterocycles. The fourth-order valence-electron chi connectivity index (χ4n) is 6.23. The third-order valence-corrected chi connectivity index (χ3v) is 7.38. The highest BCUT2D eigenvalue weighted by molar-refractivity contribution is 5.10. The van der Waals surface area contributed by atoms with Gasteiger partial charge in [-0.05, 0) is 62.7 Å². The van der Waals surface area contributed by atoms with Gasteiger partial charge in [0.2, 0.25) is 0 Å². The van der Waals surface area contributed by atoms with Crippen molar-refractivity contribution in [1.82, 2.24) is 4.90 Å². The van der Waals surface area contributed by atoms with Gasteiger partial charge in [0.05, 0.1) is 0 Å². The van der Waals surface area contributed by atoms with E-state index in [-0.39, 0.29) is 0 Å². The summed E-state index contributed by atoms with van der Waals surface area (Å²) in [5, 5.41) is 0. The quantitative estimate of drug-likeness (QED) is 0.589. The van der Waals surface area contributed by atoms with Gasteiger partial charge in [-0.25, -0.2) is 0 Å². The van der Waals surface area contributed by atoms with Gasteiger partial charge in [-0.15, -0.1) is 6.58 Å². The summed E-state index contributed by atoms with van der Waals surface area (Å²) in [4.78, 5) is 3.10. The van der Waals surface area contributed by atoms with Crippen molar-refractivity contribution in [3.63, 3.8) is 0 Å². The number of hydrogen-bond donors (Lipinski definition) is 0. The normalized spacial score (nSPS) is 44.9. The molecule has 0 radical (unpaired) electrons. The maximum Gasteiger partial charge on any atom is 0.0164 e. The highest BCUT2D eigenvalue weighted by Crippen LogP contribution is 2.43. The van der Waals surface area contributed by atoms with Crippen molar-refractivity contribution in [2.45, 2.75) is 95.2 Å². The van der Waals surface area contributed by atoms with E-state index in [0.29, 0.717) is 0 Å². The molecule has 6 atom stereocenters.